The van der Waals surface area contributed by atoms with Gasteiger partial charge in [-0.15, -0.1) is 0 Å². The van der Waals surface area contributed by atoms with E-state index >= 15 is 0 Å². The Morgan fingerprint density at radius 1 is 1.36 bits per heavy atom. The molecule has 1 aromatic rings. The molecule has 4 heteroatoms. The van der Waals surface area contributed by atoms with Crippen molar-refractivity contribution in [2.24, 2.45) is 0 Å². The summed E-state index contributed by atoms with van der Waals surface area (Å²) >= 11 is 0. The number of carbonyl (C=O) groups is 1. The normalized spacial score (nSPS) is 14.8. The molecule has 0 heterocycles. The van der Waals surface area contributed by atoms with Crippen LogP contribution in [0, 0.1) is 5.82 Å². The number of rotatable bonds is 3. The topological polar surface area (TPSA) is 34.1 Å². The van der Waals surface area contributed by atoms with Crippen LogP contribution in [-0.4, -0.2) is 21.5 Å². The Morgan fingerprint density at radius 2 is 1.86 bits per heavy atom. The van der Waals surface area contributed by atoms with E-state index in [4.69, 9.17) is 0 Å². The lowest BCUT2D eigenvalue weighted by Gasteiger charge is -2.06. The summed E-state index contributed by atoms with van der Waals surface area (Å²) in [5.74, 6) is -0.599. The zero-order valence-electron chi connectivity index (χ0n) is 7.99. The molecule has 0 spiro atoms. The Morgan fingerprint density at radius 3 is 2.29 bits per heavy atom. The maximum absolute atomic E-state index is 12.5. The number of ketones is 1. The second-order valence-electron chi connectivity index (χ2n) is 3.01. The highest BCUT2D eigenvalue weighted by molar-refractivity contribution is 7.85. The third kappa shape index (κ3) is 2.48. The van der Waals surface area contributed by atoms with Gasteiger partial charge in [-0.05, 0) is 31.2 Å². The van der Waals surface area contributed by atoms with Gasteiger partial charge in [-0.1, -0.05) is 0 Å². The Balaban J connectivity index is 2.90. The summed E-state index contributed by atoms with van der Waals surface area (Å²) in [5.41, 5.74) is 0.397. The first-order valence-electron chi connectivity index (χ1n) is 4.14. The average Bonchev–Trinajstić information content (AvgIpc) is 2.16. The van der Waals surface area contributed by atoms with Crippen molar-refractivity contribution in [1.29, 1.82) is 0 Å². The van der Waals surface area contributed by atoms with Crippen LogP contribution in [0.3, 0.4) is 0 Å². The fraction of sp³-hybridized carbons (Fsp3) is 0.300. The highest BCUT2D eigenvalue weighted by atomic mass is 32.2. The van der Waals surface area contributed by atoms with Gasteiger partial charge in [-0.2, -0.15) is 0 Å². The lowest BCUT2D eigenvalue weighted by atomic mass is 10.1. The molecule has 0 aliphatic rings. The molecule has 0 saturated carbocycles. The van der Waals surface area contributed by atoms with Crippen LogP contribution in [-0.2, 0) is 10.8 Å². The molecular formula is C10H11FO2S. The summed E-state index contributed by atoms with van der Waals surface area (Å²) in [4.78, 5) is 11.6. The maximum atomic E-state index is 12.5. The van der Waals surface area contributed by atoms with Crippen LogP contribution in [0.25, 0.3) is 0 Å². The molecule has 2 atom stereocenters. The van der Waals surface area contributed by atoms with Gasteiger partial charge in [0.2, 0.25) is 0 Å². The van der Waals surface area contributed by atoms with Crippen LogP contribution in [0.4, 0.5) is 4.39 Å². The molecule has 0 aromatic heterocycles. The first-order valence-corrected chi connectivity index (χ1v) is 5.76. The van der Waals surface area contributed by atoms with Gasteiger partial charge in [0.05, 0.1) is 5.25 Å². The zero-order chi connectivity index (χ0) is 10.7. The molecule has 1 aromatic carbocycles. The Kier molecular flexibility index (Phi) is 3.52. The quantitative estimate of drug-likeness (QED) is 0.719. The van der Waals surface area contributed by atoms with Gasteiger partial charge in [0.15, 0.2) is 5.78 Å². The van der Waals surface area contributed by atoms with Crippen molar-refractivity contribution in [2.75, 3.05) is 6.26 Å². The van der Waals surface area contributed by atoms with Gasteiger partial charge in [0.1, 0.15) is 5.82 Å². The Labute approximate surface area is 84.6 Å². The summed E-state index contributed by atoms with van der Waals surface area (Å²) < 4.78 is 23.6. The number of hydrogen-bond donors (Lipinski definition) is 0. The molecule has 76 valence electrons. The lowest BCUT2D eigenvalue weighted by Crippen LogP contribution is -2.21. The zero-order valence-corrected chi connectivity index (χ0v) is 8.81. The number of carbonyl (C=O) groups excluding carboxylic acids is 1. The van der Waals surface area contributed by atoms with E-state index in [1.165, 1.54) is 30.5 Å². The van der Waals surface area contributed by atoms with Gasteiger partial charge in [0.25, 0.3) is 0 Å². The van der Waals surface area contributed by atoms with E-state index in [2.05, 4.69) is 0 Å². The second kappa shape index (κ2) is 4.46. The molecule has 0 bridgehead atoms. The minimum Gasteiger partial charge on any atom is -0.293 e. The molecule has 0 fully saturated rings. The molecule has 0 aliphatic carbocycles. The molecule has 0 N–H and O–H groups in total. The molecule has 0 saturated heterocycles. The molecule has 1 rings (SSSR count). The molecule has 0 aliphatic heterocycles. The highest BCUT2D eigenvalue weighted by Crippen LogP contribution is 2.08. The monoisotopic (exact) mass is 214 g/mol. The van der Waals surface area contributed by atoms with Crippen LogP contribution in [0.15, 0.2) is 24.3 Å². The highest BCUT2D eigenvalue weighted by Gasteiger charge is 2.17. The largest absolute Gasteiger partial charge is 0.293 e. The smallest absolute Gasteiger partial charge is 0.178 e. The molecule has 0 radical (unpaired) electrons. The van der Waals surface area contributed by atoms with E-state index in [9.17, 15) is 13.4 Å². The van der Waals surface area contributed by atoms with Crippen molar-refractivity contribution in [3.63, 3.8) is 0 Å². The van der Waals surface area contributed by atoms with E-state index in [1.807, 2.05) is 0 Å². The van der Waals surface area contributed by atoms with Crippen LogP contribution in [0.5, 0.6) is 0 Å². The average molecular weight is 214 g/mol. The fourth-order valence-corrected chi connectivity index (χ4v) is 1.44. The minimum atomic E-state index is -1.19. The molecule has 0 amide bonds. The van der Waals surface area contributed by atoms with E-state index in [-0.39, 0.29) is 11.6 Å². The van der Waals surface area contributed by atoms with Crippen molar-refractivity contribution in [1.82, 2.24) is 0 Å². The van der Waals surface area contributed by atoms with Gasteiger partial charge < -0.3 is 0 Å². The fourth-order valence-electron chi connectivity index (χ4n) is 1.000. The predicted molar refractivity (Wildman–Crippen MR) is 54.3 cm³/mol. The van der Waals surface area contributed by atoms with E-state index < -0.39 is 16.0 Å². The van der Waals surface area contributed by atoms with E-state index in [0.717, 1.165) is 0 Å². The molecular weight excluding hydrogens is 203 g/mol. The van der Waals surface area contributed by atoms with E-state index in [1.54, 1.807) is 6.92 Å². The first kappa shape index (κ1) is 11.0. The first-order chi connectivity index (χ1) is 6.52. The number of Topliss-reactive ketones (excluding diaryl/α,β-unsaturated/α-hetero) is 1. The number of benzene rings is 1. The van der Waals surface area contributed by atoms with Gasteiger partial charge in [-0.3, -0.25) is 9.00 Å². The summed E-state index contributed by atoms with van der Waals surface area (Å²) in [6, 6.07) is 5.25. The Hall–Kier alpha value is -1.03. The van der Waals surface area contributed by atoms with Gasteiger partial charge >= 0.3 is 0 Å². The number of halogens is 1. The summed E-state index contributed by atoms with van der Waals surface area (Å²) in [7, 11) is -1.19. The molecule has 14 heavy (non-hydrogen) atoms. The number of hydrogen-bond acceptors (Lipinski definition) is 2. The SMILES string of the molecule is CC(C(=O)c1ccc(F)cc1)S(C)=O. The second-order valence-corrected chi connectivity index (χ2v) is 4.72. The minimum absolute atomic E-state index is 0.217. The Bertz CT molecular complexity index is 359. The summed E-state index contributed by atoms with van der Waals surface area (Å²) in [5, 5.41) is -0.541. The van der Waals surface area contributed by atoms with Crippen molar-refractivity contribution in [2.45, 2.75) is 12.2 Å². The van der Waals surface area contributed by atoms with Crippen LogP contribution < -0.4 is 0 Å². The standard InChI is InChI=1S/C10H11FO2S/c1-7(14(2)13)10(12)8-3-5-9(11)6-4-8/h3-7H,1-2H3. The third-order valence-corrected chi connectivity index (χ3v) is 3.21. The predicted octanol–water partition coefficient (Wildman–Crippen LogP) is 1.78. The summed E-state index contributed by atoms with van der Waals surface area (Å²) in [6.45, 7) is 1.60. The van der Waals surface area contributed by atoms with Crippen LogP contribution in [0.2, 0.25) is 0 Å². The van der Waals surface area contributed by atoms with Crippen molar-refractivity contribution < 1.29 is 13.4 Å². The third-order valence-electron chi connectivity index (χ3n) is 2.00. The van der Waals surface area contributed by atoms with Crippen molar-refractivity contribution in [3.8, 4) is 0 Å². The maximum Gasteiger partial charge on any atom is 0.178 e. The van der Waals surface area contributed by atoms with Gasteiger partial charge in [0, 0.05) is 22.6 Å². The van der Waals surface area contributed by atoms with Crippen LogP contribution in [0.1, 0.15) is 17.3 Å². The van der Waals surface area contributed by atoms with Gasteiger partial charge in [-0.25, -0.2) is 4.39 Å². The van der Waals surface area contributed by atoms with Crippen molar-refractivity contribution >= 4 is 16.6 Å². The summed E-state index contributed by atoms with van der Waals surface area (Å²) in [6.07, 6.45) is 1.48. The lowest BCUT2D eigenvalue weighted by molar-refractivity contribution is 0.0993. The molecule has 2 nitrogen and oxygen atoms in total. The van der Waals surface area contributed by atoms with E-state index in [0.29, 0.717) is 5.56 Å². The molecule has 2 unspecified atom stereocenters. The van der Waals surface area contributed by atoms with Crippen LogP contribution >= 0.6 is 0 Å². The van der Waals surface area contributed by atoms with Crippen molar-refractivity contribution in [3.05, 3.63) is 35.6 Å².